The van der Waals surface area contributed by atoms with Crippen LogP contribution >= 0.6 is 0 Å². The van der Waals surface area contributed by atoms with Gasteiger partial charge in [0.15, 0.2) is 0 Å². The molecular weight excluding hydrogens is 264 g/mol. The maximum atomic E-state index is 12.5. The molecule has 1 aliphatic rings. The lowest BCUT2D eigenvalue weighted by molar-refractivity contribution is -0.119. The van der Waals surface area contributed by atoms with Gasteiger partial charge >= 0.3 is 0 Å². The highest BCUT2D eigenvalue weighted by Gasteiger charge is 2.22. The molecule has 0 radical (unpaired) electrons. The van der Waals surface area contributed by atoms with E-state index >= 15 is 0 Å². The van der Waals surface area contributed by atoms with Crippen molar-refractivity contribution in [3.63, 3.8) is 0 Å². The predicted molar refractivity (Wildman–Crippen MR) is 81.2 cm³/mol. The summed E-state index contributed by atoms with van der Waals surface area (Å²) in [6.07, 6.45) is 4.20. The van der Waals surface area contributed by atoms with Crippen LogP contribution in [0.3, 0.4) is 0 Å². The van der Waals surface area contributed by atoms with Crippen LogP contribution in [-0.2, 0) is 17.8 Å². The van der Waals surface area contributed by atoms with Crippen molar-refractivity contribution >= 4 is 11.6 Å². The standard InChI is InChI=1S/C16H20N4O/c1-12-11-13(2)20(18-12)10-7-16(21)19-9-4-5-14-15(19)6-3-8-17-14/h3,6,8,11H,4-5,7,9-10H2,1-2H3. The molecule has 3 heterocycles. The number of hydrogen-bond acceptors (Lipinski definition) is 3. The van der Waals surface area contributed by atoms with Gasteiger partial charge in [-0.2, -0.15) is 5.10 Å². The largest absolute Gasteiger partial charge is 0.311 e. The number of amides is 1. The molecule has 2 aromatic rings. The van der Waals surface area contributed by atoms with E-state index in [1.807, 2.05) is 41.6 Å². The Balaban J connectivity index is 1.70. The topological polar surface area (TPSA) is 51.0 Å². The summed E-state index contributed by atoms with van der Waals surface area (Å²) in [5.41, 5.74) is 4.10. The predicted octanol–water partition coefficient (Wildman–Crippen LogP) is 2.26. The van der Waals surface area contributed by atoms with Gasteiger partial charge in [-0.15, -0.1) is 0 Å². The Morgan fingerprint density at radius 3 is 3.00 bits per heavy atom. The molecular formula is C16H20N4O. The Hall–Kier alpha value is -2.17. The Kier molecular flexibility index (Phi) is 3.73. The zero-order valence-corrected chi connectivity index (χ0v) is 12.5. The highest BCUT2D eigenvalue weighted by atomic mass is 16.2. The molecule has 0 N–H and O–H groups in total. The highest BCUT2D eigenvalue weighted by molar-refractivity contribution is 5.94. The summed E-state index contributed by atoms with van der Waals surface area (Å²) in [6, 6.07) is 5.92. The molecule has 1 aliphatic heterocycles. The average Bonchev–Trinajstić information content (AvgIpc) is 2.82. The number of pyridine rings is 1. The number of aromatic nitrogens is 3. The van der Waals surface area contributed by atoms with Crippen molar-refractivity contribution in [3.05, 3.63) is 41.5 Å². The number of carbonyl (C=O) groups is 1. The number of nitrogens with zero attached hydrogens (tertiary/aromatic N) is 4. The lowest BCUT2D eigenvalue weighted by Crippen LogP contribution is -2.36. The molecule has 5 heteroatoms. The van der Waals surface area contributed by atoms with E-state index in [1.54, 1.807) is 6.20 Å². The molecule has 0 fully saturated rings. The number of carbonyl (C=O) groups excluding carboxylic acids is 1. The number of fused-ring (bicyclic) bond motifs is 1. The molecule has 110 valence electrons. The van der Waals surface area contributed by atoms with Crippen molar-refractivity contribution in [1.29, 1.82) is 0 Å². The van der Waals surface area contributed by atoms with Crippen LogP contribution in [-0.4, -0.2) is 27.2 Å². The summed E-state index contributed by atoms with van der Waals surface area (Å²) >= 11 is 0. The monoisotopic (exact) mass is 284 g/mol. The van der Waals surface area contributed by atoms with E-state index in [2.05, 4.69) is 10.1 Å². The summed E-state index contributed by atoms with van der Waals surface area (Å²) < 4.78 is 1.90. The van der Waals surface area contributed by atoms with Gasteiger partial charge in [-0.25, -0.2) is 0 Å². The van der Waals surface area contributed by atoms with Crippen molar-refractivity contribution in [2.24, 2.45) is 0 Å². The maximum absolute atomic E-state index is 12.5. The van der Waals surface area contributed by atoms with E-state index in [9.17, 15) is 4.79 Å². The fourth-order valence-corrected chi connectivity index (χ4v) is 2.89. The van der Waals surface area contributed by atoms with Crippen LogP contribution in [0.15, 0.2) is 24.4 Å². The molecule has 3 rings (SSSR count). The summed E-state index contributed by atoms with van der Waals surface area (Å²) in [4.78, 5) is 18.8. The van der Waals surface area contributed by atoms with E-state index < -0.39 is 0 Å². The van der Waals surface area contributed by atoms with E-state index in [1.165, 1.54) is 0 Å². The Bertz CT molecular complexity index is 662. The number of anilines is 1. The first kappa shape index (κ1) is 13.8. The molecule has 2 aromatic heterocycles. The van der Waals surface area contributed by atoms with E-state index in [4.69, 9.17) is 0 Å². The van der Waals surface area contributed by atoms with Gasteiger partial charge in [0.1, 0.15) is 0 Å². The van der Waals surface area contributed by atoms with Crippen molar-refractivity contribution in [1.82, 2.24) is 14.8 Å². The smallest absolute Gasteiger partial charge is 0.228 e. The lowest BCUT2D eigenvalue weighted by Gasteiger charge is -2.28. The summed E-state index contributed by atoms with van der Waals surface area (Å²) in [6.45, 7) is 5.40. The Labute approximate surface area is 124 Å². The van der Waals surface area contributed by atoms with Crippen LogP contribution in [0.25, 0.3) is 0 Å². The fourth-order valence-electron chi connectivity index (χ4n) is 2.89. The molecule has 0 unspecified atom stereocenters. The number of rotatable bonds is 3. The van der Waals surface area contributed by atoms with Crippen molar-refractivity contribution < 1.29 is 4.79 Å². The minimum Gasteiger partial charge on any atom is -0.311 e. The van der Waals surface area contributed by atoms with E-state index in [0.717, 1.165) is 42.2 Å². The van der Waals surface area contributed by atoms with Crippen LogP contribution in [0, 0.1) is 13.8 Å². The van der Waals surface area contributed by atoms with E-state index in [0.29, 0.717) is 13.0 Å². The minimum atomic E-state index is 0.150. The third kappa shape index (κ3) is 2.82. The first-order chi connectivity index (χ1) is 10.1. The SMILES string of the molecule is Cc1cc(C)n(CCC(=O)N2CCCc3ncccc32)n1. The van der Waals surface area contributed by atoms with Crippen LogP contribution < -0.4 is 4.90 Å². The number of hydrogen-bond donors (Lipinski definition) is 0. The van der Waals surface area contributed by atoms with Gasteiger partial charge in [-0.1, -0.05) is 0 Å². The molecule has 0 aliphatic carbocycles. The van der Waals surface area contributed by atoms with Gasteiger partial charge in [-0.3, -0.25) is 14.5 Å². The van der Waals surface area contributed by atoms with Crippen molar-refractivity contribution in [2.75, 3.05) is 11.4 Å². The Morgan fingerprint density at radius 1 is 1.38 bits per heavy atom. The summed E-state index contributed by atoms with van der Waals surface area (Å²) in [5, 5.41) is 4.41. The second kappa shape index (κ2) is 5.68. The van der Waals surface area contributed by atoms with Crippen LogP contribution in [0.2, 0.25) is 0 Å². The summed E-state index contributed by atoms with van der Waals surface area (Å²) in [5.74, 6) is 0.150. The van der Waals surface area contributed by atoms with Gasteiger partial charge in [0, 0.05) is 31.4 Å². The molecule has 0 spiro atoms. The third-order valence-corrected chi connectivity index (χ3v) is 3.89. The third-order valence-electron chi connectivity index (χ3n) is 3.89. The van der Waals surface area contributed by atoms with Gasteiger partial charge < -0.3 is 4.90 Å². The Morgan fingerprint density at radius 2 is 2.24 bits per heavy atom. The zero-order valence-electron chi connectivity index (χ0n) is 12.5. The summed E-state index contributed by atoms with van der Waals surface area (Å²) in [7, 11) is 0. The normalized spacial score (nSPS) is 14.1. The van der Waals surface area contributed by atoms with Crippen molar-refractivity contribution in [2.45, 2.75) is 39.7 Å². The second-order valence-electron chi connectivity index (χ2n) is 5.52. The number of aryl methyl sites for hydroxylation is 4. The average molecular weight is 284 g/mol. The van der Waals surface area contributed by atoms with E-state index in [-0.39, 0.29) is 5.91 Å². The molecule has 0 aromatic carbocycles. The molecule has 0 saturated heterocycles. The second-order valence-corrected chi connectivity index (χ2v) is 5.52. The molecule has 0 atom stereocenters. The van der Waals surface area contributed by atoms with Gasteiger partial charge in [0.25, 0.3) is 0 Å². The fraction of sp³-hybridized carbons (Fsp3) is 0.438. The molecule has 0 saturated carbocycles. The van der Waals surface area contributed by atoms with Crippen molar-refractivity contribution in [3.8, 4) is 0 Å². The van der Waals surface area contributed by atoms with Gasteiger partial charge in [0.2, 0.25) is 5.91 Å². The van der Waals surface area contributed by atoms with Crippen LogP contribution in [0.5, 0.6) is 0 Å². The van der Waals surface area contributed by atoms with Gasteiger partial charge in [0.05, 0.1) is 17.1 Å². The first-order valence-electron chi connectivity index (χ1n) is 7.40. The molecule has 21 heavy (non-hydrogen) atoms. The molecule has 5 nitrogen and oxygen atoms in total. The first-order valence-corrected chi connectivity index (χ1v) is 7.40. The quantitative estimate of drug-likeness (QED) is 0.868. The molecule has 0 bridgehead atoms. The van der Waals surface area contributed by atoms with Crippen LogP contribution in [0.1, 0.15) is 29.9 Å². The zero-order chi connectivity index (χ0) is 14.8. The highest BCUT2D eigenvalue weighted by Crippen LogP contribution is 2.25. The van der Waals surface area contributed by atoms with Gasteiger partial charge in [-0.05, 0) is 44.9 Å². The lowest BCUT2D eigenvalue weighted by atomic mass is 10.1. The maximum Gasteiger partial charge on any atom is 0.228 e. The minimum absolute atomic E-state index is 0.150. The van der Waals surface area contributed by atoms with Crippen LogP contribution in [0.4, 0.5) is 5.69 Å². The molecule has 1 amide bonds.